The molecule has 0 saturated carbocycles. The van der Waals surface area contributed by atoms with Crippen LogP contribution in [-0.2, 0) is 17.6 Å². The number of nitrogens with one attached hydrogen (secondary N) is 1. The highest BCUT2D eigenvalue weighted by Gasteiger charge is 2.30. The van der Waals surface area contributed by atoms with E-state index in [-0.39, 0.29) is 11.3 Å². The molecule has 0 heterocycles. The highest BCUT2D eigenvalue weighted by Crippen LogP contribution is 2.35. The van der Waals surface area contributed by atoms with E-state index in [2.05, 4.69) is 43.8 Å². The Balaban J connectivity index is 1.81. The van der Waals surface area contributed by atoms with Gasteiger partial charge in [0.15, 0.2) is 11.5 Å². The average Bonchev–Trinajstić information content (AvgIpc) is 2.82. The van der Waals surface area contributed by atoms with Gasteiger partial charge in [-0.15, -0.1) is 0 Å². The van der Waals surface area contributed by atoms with E-state index < -0.39 is 17.6 Å². The lowest BCUT2D eigenvalue weighted by Gasteiger charge is -2.14. The number of carbonyl (C=O) groups excluding carboxylic acids is 1. The van der Waals surface area contributed by atoms with Crippen LogP contribution < -0.4 is 14.8 Å². The van der Waals surface area contributed by atoms with Crippen LogP contribution in [0.5, 0.6) is 11.5 Å². The normalized spacial score (nSPS) is 11.5. The van der Waals surface area contributed by atoms with Gasteiger partial charge in [0.2, 0.25) is 0 Å². The molecule has 35 heavy (non-hydrogen) atoms. The van der Waals surface area contributed by atoms with Gasteiger partial charge < -0.3 is 14.8 Å². The number of ether oxygens (including phenoxy) is 2. The Bertz CT molecular complexity index is 1300. The van der Waals surface area contributed by atoms with Crippen LogP contribution in [0.25, 0.3) is 6.08 Å². The smallest absolute Gasteiger partial charge is 0.416 e. The molecule has 0 aliphatic heterocycles. The molecule has 0 saturated heterocycles. The first kappa shape index (κ1) is 26.6. The average molecular weight is 657 g/mol. The Morgan fingerprint density at radius 2 is 1.89 bits per heavy atom. The maximum absolute atomic E-state index is 12.9. The van der Waals surface area contributed by atoms with E-state index in [9.17, 15) is 23.2 Å². The van der Waals surface area contributed by atoms with E-state index in [0.29, 0.717) is 27.2 Å². The minimum atomic E-state index is -4.55. The molecule has 0 fully saturated rings. The molecular weight excluding hydrogens is 640 g/mol. The van der Waals surface area contributed by atoms with E-state index in [0.717, 1.165) is 22.2 Å². The molecule has 0 spiro atoms. The van der Waals surface area contributed by atoms with E-state index in [1.807, 2.05) is 24.3 Å². The zero-order chi connectivity index (χ0) is 25.6. The lowest BCUT2D eigenvalue weighted by atomic mass is 10.1. The van der Waals surface area contributed by atoms with Crippen LogP contribution in [0.1, 0.15) is 16.7 Å². The molecule has 0 aromatic heterocycles. The van der Waals surface area contributed by atoms with Crippen LogP contribution in [0.3, 0.4) is 0 Å². The molecule has 5 nitrogen and oxygen atoms in total. The zero-order valence-electron chi connectivity index (χ0n) is 18.1. The number of methoxy groups -OCH3 is 1. The first-order chi connectivity index (χ1) is 16.6. The van der Waals surface area contributed by atoms with Gasteiger partial charge in [0.25, 0.3) is 5.91 Å². The minimum absolute atomic E-state index is 0.0742. The van der Waals surface area contributed by atoms with Gasteiger partial charge in [-0.05, 0) is 82.3 Å². The minimum Gasteiger partial charge on any atom is -0.493 e. The molecule has 3 aromatic carbocycles. The number of benzene rings is 3. The number of carbonyl (C=O) groups is 1. The maximum Gasteiger partial charge on any atom is 0.416 e. The third-order valence-electron chi connectivity index (χ3n) is 4.67. The molecule has 10 heteroatoms. The van der Waals surface area contributed by atoms with Crippen molar-refractivity contribution in [3.63, 3.8) is 0 Å². The summed E-state index contributed by atoms with van der Waals surface area (Å²) in [7, 11) is 1.47. The predicted molar refractivity (Wildman–Crippen MR) is 138 cm³/mol. The quantitative estimate of drug-likeness (QED) is 0.166. The van der Waals surface area contributed by atoms with E-state index in [4.69, 9.17) is 9.47 Å². The predicted octanol–water partition coefficient (Wildman–Crippen LogP) is 7.21. The molecule has 0 aliphatic carbocycles. The second-order valence-electron chi connectivity index (χ2n) is 7.15. The van der Waals surface area contributed by atoms with Crippen LogP contribution >= 0.6 is 38.5 Å². The number of hydrogen-bond donors (Lipinski definition) is 1. The van der Waals surface area contributed by atoms with E-state index in [1.54, 1.807) is 18.2 Å². The first-order valence-corrected chi connectivity index (χ1v) is 11.8. The highest BCUT2D eigenvalue weighted by atomic mass is 127. The summed E-state index contributed by atoms with van der Waals surface area (Å²) in [4.78, 5) is 12.6. The number of halogens is 5. The molecule has 180 valence electrons. The maximum atomic E-state index is 12.9. The van der Waals surface area contributed by atoms with Crippen LogP contribution in [0.4, 0.5) is 18.9 Å². The zero-order valence-corrected chi connectivity index (χ0v) is 21.9. The molecule has 0 unspecified atom stereocenters. The van der Waals surface area contributed by atoms with Crippen LogP contribution in [0.15, 0.2) is 70.7 Å². The molecular formula is C25H17BrF3IN2O3. The van der Waals surface area contributed by atoms with Crippen molar-refractivity contribution in [2.75, 3.05) is 12.4 Å². The van der Waals surface area contributed by atoms with Gasteiger partial charge in [-0.25, -0.2) is 0 Å². The Labute approximate surface area is 221 Å². The van der Waals surface area contributed by atoms with Crippen molar-refractivity contribution in [1.29, 1.82) is 5.26 Å². The van der Waals surface area contributed by atoms with Crippen molar-refractivity contribution in [3.05, 3.63) is 91.0 Å². The fourth-order valence-electron chi connectivity index (χ4n) is 2.99. The fraction of sp³-hybridized carbons (Fsp3) is 0.120. The van der Waals surface area contributed by atoms with Gasteiger partial charge >= 0.3 is 6.18 Å². The van der Waals surface area contributed by atoms with E-state index in [1.165, 1.54) is 25.3 Å². The molecule has 1 N–H and O–H groups in total. The first-order valence-electron chi connectivity index (χ1n) is 9.96. The van der Waals surface area contributed by atoms with Crippen molar-refractivity contribution in [2.24, 2.45) is 0 Å². The Kier molecular flexibility index (Phi) is 8.80. The summed E-state index contributed by atoms with van der Waals surface area (Å²) >= 11 is 5.44. The van der Waals surface area contributed by atoms with E-state index >= 15 is 0 Å². The van der Waals surface area contributed by atoms with Crippen molar-refractivity contribution in [3.8, 4) is 17.6 Å². The topological polar surface area (TPSA) is 71.3 Å². The fourth-order valence-corrected chi connectivity index (χ4v) is 4.03. The summed E-state index contributed by atoms with van der Waals surface area (Å²) in [5.74, 6) is 0.0623. The SMILES string of the molecule is COc1cc(/C=C(\C#N)C(=O)Nc2cccc(C(F)(F)F)c2)cc(I)c1OCc1ccc(Br)cc1. The van der Waals surface area contributed by atoms with Crippen LogP contribution in [-0.4, -0.2) is 13.0 Å². The molecule has 0 aliphatic rings. The van der Waals surface area contributed by atoms with Gasteiger partial charge in [0.05, 0.1) is 16.2 Å². The van der Waals surface area contributed by atoms with Gasteiger partial charge in [0, 0.05) is 10.2 Å². The summed E-state index contributed by atoms with van der Waals surface area (Å²) < 4.78 is 51.8. The molecule has 3 aromatic rings. The molecule has 0 atom stereocenters. The number of anilines is 1. The van der Waals surface area contributed by atoms with Gasteiger partial charge in [-0.1, -0.05) is 34.1 Å². The van der Waals surface area contributed by atoms with Crippen molar-refractivity contribution >= 4 is 56.2 Å². The summed E-state index contributed by atoms with van der Waals surface area (Å²) in [5, 5.41) is 11.8. The van der Waals surface area contributed by atoms with Crippen molar-refractivity contribution in [2.45, 2.75) is 12.8 Å². The lowest BCUT2D eigenvalue weighted by Crippen LogP contribution is -2.14. The number of hydrogen-bond acceptors (Lipinski definition) is 4. The van der Waals surface area contributed by atoms with Gasteiger partial charge in [0.1, 0.15) is 18.2 Å². The Morgan fingerprint density at radius 3 is 2.51 bits per heavy atom. The summed E-state index contributed by atoms with van der Waals surface area (Å²) in [6, 6.07) is 16.9. The second kappa shape index (κ2) is 11.6. The molecule has 0 radical (unpaired) electrons. The van der Waals surface area contributed by atoms with Crippen molar-refractivity contribution < 1.29 is 27.4 Å². The van der Waals surface area contributed by atoms with Crippen LogP contribution in [0, 0.1) is 14.9 Å². The number of alkyl halides is 3. The monoisotopic (exact) mass is 656 g/mol. The summed E-state index contributed by atoms with van der Waals surface area (Å²) in [6.45, 7) is 0.303. The summed E-state index contributed by atoms with van der Waals surface area (Å²) in [6.07, 6.45) is -3.23. The molecule has 0 bridgehead atoms. The second-order valence-corrected chi connectivity index (χ2v) is 9.23. The molecule has 1 amide bonds. The lowest BCUT2D eigenvalue weighted by molar-refractivity contribution is -0.137. The van der Waals surface area contributed by atoms with Gasteiger partial charge in [-0.3, -0.25) is 4.79 Å². The van der Waals surface area contributed by atoms with Crippen molar-refractivity contribution in [1.82, 2.24) is 0 Å². The standard InChI is InChI=1S/C25H17BrF3IN2O3/c1-34-22-11-16(10-21(30)23(22)35-14-15-5-7-19(26)8-6-15)9-17(13-31)24(33)32-20-4-2-3-18(12-20)25(27,28)29/h2-12H,14H2,1H3,(H,32,33)/b17-9+. The van der Waals surface area contributed by atoms with Gasteiger partial charge in [-0.2, -0.15) is 18.4 Å². The third-order valence-corrected chi connectivity index (χ3v) is 6.00. The van der Waals surface area contributed by atoms with Crippen LogP contribution in [0.2, 0.25) is 0 Å². The Hall–Kier alpha value is -3.04. The number of nitriles is 1. The number of nitrogens with zero attached hydrogens (tertiary/aromatic N) is 1. The molecule has 3 rings (SSSR count). The number of amides is 1. The largest absolute Gasteiger partial charge is 0.493 e. The Morgan fingerprint density at radius 1 is 1.17 bits per heavy atom. The summed E-state index contributed by atoms with van der Waals surface area (Å²) in [5.41, 5.74) is 0.167. The number of rotatable bonds is 7. The highest BCUT2D eigenvalue weighted by molar-refractivity contribution is 14.1. The third kappa shape index (κ3) is 7.22.